The van der Waals surface area contributed by atoms with Crippen molar-refractivity contribution in [1.82, 2.24) is 5.32 Å². The molecule has 1 N–H and O–H groups in total. The summed E-state index contributed by atoms with van der Waals surface area (Å²) in [4.78, 5) is 25.8. The summed E-state index contributed by atoms with van der Waals surface area (Å²) in [5.74, 6) is 0.643. The lowest BCUT2D eigenvalue weighted by Crippen LogP contribution is -2.44. The summed E-state index contributed by atoms with van der Waals surface area (Å²) in [7, 11) is 0. The highest BCUT2D eigenvalue weighted by molar-refractivity contribution is 5.68. The molecule has 1 aliphatic rings. The summed E-state index contributed by atoms with van der Waals surface area (Å²) < 4.78 is 10.4. The molecule has 1 rings (SSSR count). The van der Waals surface area contributed by atoms with E-state index >= 15 is 0 Å². The summed E-state index contributed by atoms with van der Waals surface area (Å²) in [6, 6.07) is -0.0650. The molecule has 1 fully saturated rings. The molecule has 0 aromatic carbocycles. The highest BCUT2D eigenvalue weighted by Crippen LogP contribution is 2.33. The SMILES string of the molecule is CC(=O)OCCC1CCC(C(CCN=[N+]=[N-])NC(=O)OC(C)(C)C)CC1. The van der Waals surface area contributed by atoms with Gasteiger partial charge in [-0.1, -0.05) is 5.11 Å². The van der Waals surface area contributed by atoms with Crippen molar-refractivity contribution in [1.29, 1.82) is 0 Å². The number of esters is 1. The second-order valence-corrected chi connectivity index (χ2v) is 7.91. The first kappa shape index (κ1) is 22.1. The zero-order valence-electron chi connectivity index (χ0n) is 16.4. The van der Waals surface area contributed by atoms with Crippen molar-refractivity contribution in [2.24, 2.45) is 17.0 Å². The van der Waals surface area contributed by atoms with Crippen LogP contribution < -0.4 is 5.32 Å². The van der Waals surface area contributed by atoms with Gasteiger partial charge in [-0.25, -0.2) is 4.79 Å². The van der Waals surface area contributed by atoms with Gasteiger partial charge in [-0.05, 0) is 76.7 Å². The number of rotatable bonds is 8. The largest absolute Gasteiger partial charge is 0.466 e. The van der Waals surface area contributed by atoms with Gasteiger partial charge >= 0.3 is 12.1 Å². The minimum atomic E-state index is -0.548. The second kappa shape index (κ2) is 10.9. The molecule has 0 aliphatic heterocycles. The molecular weight excluding hydrogens is 336 g/mol. The van der Waals surface area contributed by atoms with Gasteiger partial charge in [0.2, 0.25) is 0 Å². The molecule has 1 saturated carbocycles. The Morgan fingerprint density at radius 3 is 2.46 bits per heavy atom. The Morgan fingerprint density at radius 1 is 1.27 bits per heavy atom. The van der Waals surface area contributed by atoms with Gasteiger partial charge in [0.1, 0.15) is 5.60 Å². The number of hydrogen-bond donors (Lipinski definition) is 1. The minimum Gasteiger partial charge on any atom is -0.466 e. The van der Waals surface area contributed by atoms with Crippen molar-refractivity contribution in [3.8, 4) is 0 Å². The van der Waals surface area contributed by atoms with Crippen LogP contribution in [0.4, 0.5) is 4.79 Å². The zero-order chi connectivity index (χ0) is 19.6. The van der Waals surface area contributed by atoms with Crippen LogP contribution in [0.1, 0.15) is 66.2 Å². The van der Waals surface area contributed by atoms with Gasteiger partial charge in [0.15, 0.2) is 0 Å². The van der Waals surface area contributed by atoms with Gasteiger partial charge in [0.25, 0.3) is 0 Å². The van der Waals surface area contributed by atoms with E-state index in [2.05, 4.69) is 15.3 Å². The van der Waals surface area contributed by atoms with Gasteiger partial charge in [0.05, 0.1) is 6.61 Å². The Labute approximate surface area is 155 Å². The first-order chi connectivity index (χ1) is 12.2. The van der Waals surface area contributed by atoms with E-state index in [-0.39, 0.29) is 12.0 Å². The number of carbonyl (C=O) groups excluding carboxylic acids is 2. The second-order valence-electron chi connectivity index (χ2n) is 7.91. The molecule has 1 aliphatic carbocycles. The predicted molar refractivity (Wildman–Crippen MR) is 98.5 cm³/mol. The van der Waals surface area contributed by atoms with E-state index in [1.807, 2.05) is 20.8 Å². The third kappa shape index (κ3) is 9.51. The first-order valence-electron chi connectivity index (χ1n) is 9.35. The summed E-state index contributed by atoms with van der Waals surface area (Å²) in [6.07, 6.45) is 5.12. The standard InChI is InChI=1S/C18H32N4O4/c1-13(23)25-12-10-14-5-7-15(8-6-14)16(9-11-20-22-19)21-17(24)26-18(2,3)4/h14-16H,5-12H2,1-4H3,(H,21,24). The third-order valence-electron chi connectivity index (χ3n) is 4.60. The van der Waals surface area contributed by atoms with Crippen LogP contribution in [0.3, 0.4) is 0 Å². The normalized spacial score (nSPS) is 21.2. The quantitative estimate of drug-likeness (QED) is 0.297. The fraction of sp³-hybridized carbons (Fsp3) is 0.889. The van der Waals surface area contributed by atoms with Crippen LogP contribution in [0, 0.1) is 11.8 Å². The number of hydrogen-bond acceptors (Lipinski definition) is 5. The number of azide groups is 1. The van der Waals surface area contributed by atoms with Gasteiger partial charge in [-0.15, -0.1) is 0 Å². The Bertz CT molecular complexity index is 504. The van der Waals surface area contributed by atoms with E-state index < -0.39 is 11.7 Å². The van der Waals surface area contributed by atoms with Crippen molar-refractivity contribution in [2.75, 3.05) is 13.2 Å². The average Bonchev–Trinajstić information content (AvgIpc) is 2.53. The molecule has 1 unspecified atom stereocenters. The van der Waals surface area contributed by atoms with E-state index in [9.17, 15) is 9.59 Å². The fourth-order valence-corrected chi connectivity index (χ4v) is 3.37. The van der Waals surface area contributed by atoms with E-state index in [1.54, 1.807) is 0 Å². The Kier molecular flexibility index (Phi) is 9.27. The molecule has 26 heavy (non-hydrogen) atoms. The lowest BCUT2D eigenvalue weighted by atomic mass is 9.76. The number of carbonyl (C=O) groups is 2. The number of nitrogens with one attached hydrogen (secondary N) is 1. The van der Waals surface area contributed by atoms with Gasteiger partial charge in [0, 0.05) is 24.4 Å². The molecular formula is C18H32N4O4. The van der Waals surface area contributed by atoms with Crippen molar-refractivity contribution >= 4 is 12.1 Å². The minimum absolute atomic E-state index is 0.0650. The molecule has 0 radical (unpaired) electrons. The number of ether oxygens (including phenoxy) is 2. The highest BCUT2D eigenvalue weighted by Gasteiger charge is 2.29. The molecule has 0 bridgehead atoms. The maximum Gasteiger partial charge on any atom is 0.407 e. The summed E-state index contributed by atoms with van der Waals surface area (Å²) in [6.45, 7) is 7.74. The van der Waals surface area contributed by atoms with E-state index in [0.717, 1.165) is 32.1 Å². The molecule has 0 aromatic heterocycles. The molecule has 8 heteroatoms. The molecule has 0 saturated heterocycles. The van der Waals surface area contributed by atoms with Crippen LogP contribution in [0.25, 0.3) is 10.4 Å². The summed E-state index contributed by atoms with van der Waals surface area (Å²) in [5.41, 5.74) is 7.94. The molecule has 0 heterocycles. The summed E-state index contributed by atoms with van der Waals surface area (Å²) >= 11 is 0. The van der Waals surface area contributed by atoms with Crippen molar-refractivity contribution in [3.05, 3.63) is 10.4 Å². The van der Waals surface area contributed by atoms with Gasteiger partial charge in [-0.3, -0.25) is 4.79 Å². The van der Waals surface area contributed by atoms with Gasteiger partial charge in [-0.2, -0.15) is 0 Å². The van der Waals surface area contributed by atoms with Crippen LogP contribution >= 0.6 is 0 Å². The fourth-order valence-electron chi connectivity index (χ4n) is 3.37. The maximum absolute atomic E-state index is 12.1. The van der Waals surface area contributed by atoms with Gasteiger partial charge < -0.3 is 14.8 Å². The van der Waals surface area contributed by atoms with Crippen molar-refractivity contribution in [2.45, 2.75) is 77.9 Å². The summed E-state index contributed by atoms with van der Waals surface area (Å²) in [5, 5.41) is 6.56. The Hall–Kier alpha value is -1.95. The van der Waals surface area contributed by atoms with E-state index in [1.165, 1.54) is 6.92 Å². The maximum atomic E-state index is 12.1. The van der Waals surface area contributed by atoms with Crippen LogP contribution in [0.15, 0.2) is 5.11 Å². The zero-order valence-corrected chi connectivity index (χ0v) is 16.4. The lowest BCUT2D eigenvalue weighted by Gasteiger charge is -2.34. The van der Waals surface area contributed by atoms with Crippen LogP contribution in [0.2, 0.25) is 0 Å². The lowest BCUT2D eigenvalue weighted by molar-refractivity contribution is -0.141. The van der Waals surface area contributed by atoms with Crippen LogP contribution in [0.5, 0.6) is 0 Å². The topological polar surface area (TPSA) is 113 Å². The Morgan fingerprint density at radius 2 is 1.92 bits per heavy atom. The molecule has 0 aromatic rings. The molecule has 148 valence electrons. The third-order valence-corrected chi connectivity index (χ3v) is 4.60. The smallest absolute Gasteiger partial charge is 0.407 e. The van der Waals surface area contributed by atoms with Crippen LogP contribution in [-0.4, -0.2) is 36.9 Å². The molecule has 8 nitrogen and oxygen atoms in total. The van der Waals surface area contributed by atoms with Crippen molar-refractivity contribution < 1.29 is 19.1 Å². The molecule has 0 spiro atoms. The number of amides is 1. The molecule has 1 amide bonds. The average molecular weight is 368 g/mol. The first-order valence-corrected chi connectivity index (χ1v) is 9.35. The number of nitrogens with zero attached hydrogens (tertiary/aromatic N) is 3. The van der Waals surface area contributed by atoms with Crippen LogP contribution in [-0.2, 0) is 14.3 Å². The monoisotopic (exact) mass is 368 g/mol. The number of alkyl carbamates (subject to hydrolysis) is 1. The molecule has 1 atom stereocenters. The highest BCUT2D eigenvalue weighted by atomic mass is 16.6. The Balaban J connectivity index is 2.52. The predicted octanol–water partition coefficient (Wildman–Crippen LogP) is 4.34. The van der Waals surface area contributed by atoms with Crippen molar-refractivity contribution in [3.63, 3.8) is 0 Å². The van der Waals surface area contributed by atoms with E-state index in [0.29, 0.717) is 31.4 Å². The van der Waals surface area contributed by atoms with E-state index in [4.69, 9.17) is 15.0 Å².